The third-order valence-electron chi connectivity index (χ3n) is 6.23. The maximum Gasteiger partial charge on any atom is 0.338 e. The number of nitrogens with zero attached hydrogens (tertiary/aromatic N) is 4. The number of aromatic nitrogens is 4. The van der Waals surface area contributed by atoms with Crippen LogP contribution >= 0.6 is 11.8 Å². The first-order valence-electron chi connectivity index (χ1n) is 11.7. The number of fused-ring (bicyclic) bond motifs is 2. The number of aliphatic hydroxyl groups is 4. The second-order valence-corrected chi connectivity index (χ2v) is 9.68. The predicted octanol–water partition coefficient (Wildman–Crippen LogP) is 0.521. The van der Waals surface area contributed by atoms with Gasteiger partial charge in [0, 0.05) is 35.5 Å². The molecule has 2 unspecified atom stereocenters. The highest BCUT2D eigenvalue weighted by Crippen LogP contribution is 2.33. The van der Waals surface area contributed by atoms with Crippen LogP contribution in [0.2, 0.25) is 0 Å². The summed E-state index contributed by atoms with van der Waals surface area (Å²) < 4.78 is 14.6. The Hall–Kier alpha value is -3.20. The van der Waals surface area contributed by atoms with E-state index in [1.807, 2.05) is 10.8 Å². The van der Waals surface area contributed by atoms with Gasteiger partial charge in [-0.3, -0.25) is 4.57 Å². The largest absolute Gasteiger partial charge is 0.459 e. The van der Waals surface area contributed by atoms with Gasteiger partial charge in [0.2, 0.25) is 0 Å². The zero-order valence-electron chi connectivity index (χ0n) is 19.7. The number of nitrogen functional groups attached to an aromatic ring is 1. The van der Waals surface area contributed by atoms with Gasteiger partial charge in [-0.05, 0) is 18.2 Å². The monoisotopic (exact) mass is 529 g/mol. The van der Waals surface area contributed by atoms with E-state index < -0.39 is 30.5 Å². The molecular weight excluding hydrogens is 502 g/mol. The van der Waals surface area contributed by atoms with Crippen LogP contribution in [-0.2, 0) is 16.0 Å². The molecule has 3 aromatic heterocycles. The van der Waals surface area contributed by atoms with Crippen LogP contribution < -0.4 is 5.73 Å². The van der Waals surface area contributed by atoms with Crippen molar-refractivity contribution in [3.63, 3.8) is 0 Å². The van der Waals surface area contributed by atoms with E-state index in [9.17, 15) is 25.2 Å². The number of carbonyl (C=O) groups excluding carboxylic acids is 1. The summed E-state index contributed by atoms with van der Waals surface area (Å²) in [5, 5.41) is 42.3. The number of hydrogen-bond acceptors (Lipinski definition) is 11. The molecule has 12 nitrogen and oxygen atoms in total. The van der Waals surface area contributed by atoms with Crippen molar-refractivity contribution >= 4 is 45.4 Å². The number of benzene rings is 1. The van der Waals surface area contributed by atoms with Crippen LogP contribution in [-0.4, -0.2) is 89.4 Å². The lowest BCUT2D eigenvalue weighted by atomic mass is 10.1. The van der Waals surface area contributed by atoms with Gasteiger partial charge >= 0.3 is 5.97 Å². The Morgan fingerprint density at radius 2 is 2.00 bits per heavy atom. The molecule has 1 saturated heterocycles. The topological polar surface area (TPSA) is 178 Å². The minimum absolute atomic E-state index is 0.0210. The molecule has 1 fully saturated rings. The number of esters is 1. The van der Waals surface area contributed by atoms with Crippen LogP contribution in [0.4, 0.5) is 5.69 Å². The van der Waals surface area contributed by atoms with Crippen molar-refractivity contribution in [1.82, 2.24) is 19.1 Å². The van der Waals surface area contributed by atoms with Crippen molar-refractivity contribution in [3.8, 4) is 0 Å². The van der Waals surface area contributed by atoms with Crippen molar-refractivity contribution in [2.45, 2.75) is 36.1 Å². The molecule has 0 aliphatic carbocycles. The molecule has 0 radical (unpaired) electrons. The first kappa shape index (κ1) is 25.4. The van der Waals surface area contributed by atoms with Crippen LogP contribution in [0.15, 0.2) is 48.0 Å². The van der Waals surface area contributed by atoms with Crippen LogP contribution in [0, 0.1) is 0 Å². The fraction of sp³-hybridized carbons (Fsp3) is 0.375. The molecule has 6 N–H and O–H groups in total. The maximum atomic E-state index is 12.8. The lowest BCUT2D eigenvalue weighted by Crippen LogP contribution is -2.34. The normalized spacial score (nSPS) is 21.7. The van der Waals surface area contributed by atoms with Crippen molar-refractivity contribution in [3.05, 3.63) is 48.5 Å². The molecule has 13 heteroatoms. The van der Waals surface area contributed by atoms with Crippen LogP contribution in [0.25, 0.3) is 21.9 Å². The van der Waals surface area contributed by atoms with Gasteiger partial charge in [0.05, 0.1) is 35.8 Å². The van der Waals surface area contributed by atoms with E-state index in [1.165, 1.54) is 28.9 Å². The van der Waals surface area contributed by atoms with Gasteiger partial charge in [0.15, 0.2) is 11.9 Å². The van der Waals surface area contributed by atoms with Crippen molar-refractivity contribution in [2.24, 2.45) is 0 Å². The molecule has 0 amide bonds. The average Bonchev–Trinajstić information content (AvgIpc) is 3.56. The smallest absolute Gasteiger partial charge is 0.338 e. The second-order valence-electron chi connectivity index (χ2n) is 8.59. The summed E-state index contributed by atoms with van der Waals surface area (Å²) in [7, 11) is 0. The molecule has 0 spiro atoms. The average molecular weight is 530 g/mol. The summed E-state index contributed by atoms with van der Waals surface area (Å²) in [6.45, 7) is 0.0818. The number of carbonyl (C=O) groups is 1. The highest BCUT2D eigenvalue weighted by Gasteiger charge is 2.45. The van der Waals surface area contributed by atoms with Gasteiger partial charge in [0.1, 0.15) is 30.4 Å². The zero-order valence-corrected chi connectivity index (χ0v) is 20.5. The molecule has 1 aromatic carbocycles. The van der Waals surface area contributed by atoms with E-state index in [0.29, 0.717) is 34.7 Å². The number of ether oxygens (including phenoxy) is 2. The number of anilines is 1. The lowest BCUT2D eigenvalue weighted by Gasteiger charge is -2.16. The zero-order chi connectivity index (χ0) is 26.1. The van der Waals surface area contributed by atoms with E-state index in [2.05, 4.69) is 9.97 Å². The minimum Gasteiger partial charge on any atom is -0.459 e. The van der Waals surface area contributed by atoms with E-state index in [1.54, 1.807) is 24.3 Å². The number of thioether (sulfide) groups is 1. The second kappa shape index (κ2) is 10.7. The van der Waals surface area contributed by atoms with E-state index >= 15 is 0 Å². The number of nitrogens with two attached hydrogens (primary N) is 1. The third-order valence-corrected chi connectivity index (χ3v) is 7.34. The minimum atomic E-state index is -1.31. The maximum absolute atomic E-state index is 12.8. The Morgan fingerprint density at radius 3 is 2.78 bits per heavy atom. The first-order valence-corrected chi connectivity index (χ1v) is 12.6. The molecule has 1 aliphatic rings. The number of aliphatic hydroxyl groups excluding tert-OH is 4. The molecule has 1 aliphatic heterocycles. The molecule has 4 aromatic rings. The van der Waals surface area contributed by atoms with Gasteiger partial charge in [-0.15, -0.1) is 11.8 Å². The summed E-state index contributed by atoms with van der Waals surface area (Å²) in [6.07, 6.45) is 0.195. The Labute approximate surface area is 215 Å². The standard InChI is InChI=1S/C24H27N5O7S/c25-16-3-4-26-21-18(16)27-12-29(21)22-20(33)19(32)17(36-22)11-35-24(34)13-1-2-15-14(9-13)10-28(5-6-30)23(15)37-8-7-31/h1-4,9-10,12,17,19-20,22,30-33H,5-8,11H2,(H2,25,26)/t17?,19-,20-,22?/m1/s1. The Morgan fingerprint density at radius 1 is 1.16 bits per heavy atom. The Kier molecular flexibility index (Phi) is 7.33. The summed E-state index contributed by atoms with van der Waals surface area (Å²) in [5.74, 6) is -0.110. The van der Waals surface area contributed by atoms with Gasteiger partial charge in [-0.1, -0.05) is 6.07 Å². The molecule has 0 bridgehead atoms. The molecule has 4 atom stereocenters. The fourth-order valence-corrected chi connectivity index (χ4v) is 5.36. The molecule has 37 heavy (non-hydrogen) atoms. The Balaban J connectivity index is 1.29. The summed E-state index contributed by atoms with van der Waals surface area (Å²) in [5.41, 5.74) is 7.49. The van der Waals surface area contributed by atoms with Gasteiger partial charge in [-0.2, -0.15) is 0 Å². The molecule has 0 saturated carbocycles. The summed E-state index contributed by atoms with van der Waals surface area (Å²) in [6, 6.07) is 6.72. The van der Waals surface area contributed by atoms with E-state index in [-0.39, 0.29) is 19.8 Å². The molecule has 196 valence electrons. The molecule has 5 rings (SSSR count). The SMILES string of the molecule is Nc1ccnc2c1ncn2C1OC(COC(=O)c2ccc3c(SCCO)n(CCO)cc3c2)[C@@H](O)[C@H]1O. The van der Waals surface area contributed by atoms with Gasteiger partial charge < -0.3 is 40.2 Å². The first-order chi connectivity index (χ1) is 17.9. The van der Waals surface area contributed by atoms with Gasteiger partial charge in [-0.25, -0.2) is 14.8 Å². The van der Waals surface area contributed by atoms with Crippen LogP contribution in [0.3, 0.4) is 0 Å². The third kappa shape index (κ3) is 4.77. The molecule has 4 heterocycles. The predicted molar refractivity (Wildman–Crippen MR) is 135 cm³/mol. The Bertz CT molecular complexity index is 1420. The van der Waals surface area contributed by atoms with Crippen molar-refractivity contribution in [2.75, 3.05) is 31.3 Å². The molecular formula is C24H27N5O7S. The quantitative estimate of drug-likeness (QED) is 0.151. The van der Waals surface area contributed by atoms with Crippen LogP contribution in [0.5, 0.6) is 0 Å². The summed E-state index contributed by atoms with van der Waals surface area (Å²) in [4.78, 5) is 21.2. The number of pyridine rings is 1. The highest BCUT2D eigenvalue weighted by atomic mass is 32.2. The highest BCUT2D eigenvalue weighted by molar-refractivity contribution is 7.99. The fourth-order valence-electron chi connectivity index (χ4n) is 4.43. The van der Waals surface area contributed by atoms with Crippen molar-refractivity contribution in [1.29, 1.82) is 0 Å². The van der Waals surface area contributed by atoms with Gasteiger partial charge in [0.25, 0.3) is 0 Å². The lowest BCUT2D eigenvalue weighted by molar-refractivity contribution is -0.0565. The van der Waals surface area contributed by atoms with Crippen molar-refractivity contribution < 1.29 is 34.7 Å². The summed E-state index contributed by atoms with van der Waals surface area (Å²) >= 11 is 1.47. The number of imidazole rings is 1. The van der Waals surface area contributed by atoms with E-state index in [4.69, 9.17) is 15.2 Å². The van der Waals surface area contributed by atoms with Crippen LogP contribution in [0.1, 0.15) is 16.6 Å². The van der Waals surface area contributed by atoms with E-state index in [0.717, 1.165) is 15.8 Å². The number of hydrogen-bond donors (Lipinski definition) is 5. The number of rotatable bonds is 9.